The van der Waals surface area contributed by atoms with Gasteiger partial charge in [0.25, 0.3) is 5.91 Å². The quantitative estimate of drug-likeness (QED) is 0.768. The molecule has 0 fully saturated rings. The van der Waals surface area contributed by atoms with Gasteiger partial charge in [0, 0.05) is 12.1 Å². The standard InChI is InChI=1S/C13H19ClN2O2/c1-3-13(4-2,8-15)16-12(18)9-5-6-11(17)10(14)7-9/h5-7,17H,3-4,8,15H2,1-2H3,(H,16,18). The molecule has 0 spiro atoms. The molecule has 18 heavy (non-hydrogen) atoms. The highest BCUT2D eigenvalue weighted by atomic mass is 35.5. The molecule has 0 saturated carbocycles. The number of phenolic OH excluding ortho intramolecular Hbond substituents is 1. The summed E-state index contributed by atoms with van der Waals surface area (Å²) in [5, 5.41) is 12.4. The van der Waals surface area contributed by atoms with Crippen molar-refractivity contribution in [2.75, 3.05) is 6.54 Å². The number of halogens is 1. The Kier molecular flexibility index (Phi) is 4.99. The Morgan fingerprint density at radius 2 is 2.06 bits per heavy atom. The average molecular weight is 271 g/mol. The second-order valence-electron chi connectivity index (χ2n) is 4.31. The van der Waals surface area contributed by atoms with E-state index in [1.807, 2.05) is 13.8 Å². The molecule has 0 unspecified atom stereocenters. The Morgan fingerprint density at radius 3 is 2.50 bits per heavy atom. The van der Waals surface area contributed by atoms with Crippen molar-refractivity contribution >= 4 is 17.5 Å². The highest BCUT2D eigenvalue weighted by Crippen LogP contribution is 2.24. The van der Waals surface area contributed by atoms with Crippen molar-refractivity contribution in [1.82, 2.24) is 5.32 Å². The van der Waals surface area contributed by atoms with Crippen LogP contribution in [0.1, 0.15) is 37.0 Å². The first-order valence-electron chi connectivity index (χ1n) is 5.99. The van der Waals surface area contributed by atoms with Crippen molar-refractivity contribution in [2.45, 2.75) is 32.2 Å². The van der Waals surface area contributed by atoms with Crippen LogP contribution in [0.25, 0.3) is 0 Å². The molecule has 4 nitrogen and oxygen atoms in total. The van der Waals surface area contributed by atoms with Crippen LogP contribution in [0, 0.1) is 0 Å². The van der Waals surface area contributed by atoms with E-state index in [0.29, 0.717) is 12.1 Å². The van der Waals surface area contributed by atoms with Crippen LogP contribution < -0.4 is 11.1 Å². The maximum absolute atomic E-state index is 12.1. The van der Waals surface area contributed by atoms with E-state index < -0.39 is 0 Å². The van der Waals surface area contributed by atoms with Crippen molar-refractivity contribution in [2.24, 2.45) is 5.73 Å². The molecular formula is C13H19ClN2O2. The van der Waals surface area contributed by atoms with Gasteiger partial charge >= 0.3 is 0 Å². The number of hydrogen-bond donors (Lipinski definition) is 3. The molecule has 4 N–H and O–H groups in total. The zero-order chi connectivity index (χ0) is 13.8. The number of phenols is 1. The number of rotatable bonds is 5. The van der Waals surface area contributed by atoms with Gasteiger partial charge < -0.3 is 16.2 Å². The molecule has 0 bridgehead atoms. The molecule has 1 aromatic rings. The fourth-order valence-electron chi connectivity index (χ4n) is 1.73. The Labute approximate surface area is 112 Å². The lowest BCUT2D eigenvalue weighted by Crippen LogP contribution is -2.52. The van der Waals surface area contributed by atoms with E-state index in [2.05, 4.69) is 5.32 Å². The summed E-state index contributed by atoms with van der Waals surface area (Å²) in [5.41, 5.74) is 5.76. The lowest BCUT2D eigenvalue weighted by atomic mass is 9.92. The zero-order valence-corrected chi connectivity index (χ0v) is 11.4. The lowest BCUT2D eigenvalue weighted by molar-refractivity contribution is 0.0895. The van der Waals surface area contributed by atoms with Gasteiger partial charge in [0.15, 0.2) is 0 Å². The van der Waals surface area contributed by atoms with Crippen molar-refractivity contribution < 1.29 is 9.90 Å². The van der Waals surface area contributed by atoms with Crippen molar-refractivity contribution in [3.63, 3.8) is 0 Å². The molecule has 1 aromatic carbocycles. The molecule has 0 aliphatic rings. The number of carbonyl (C=O) groups excluding carboxylic acids is 1. The summed E-state index contributed by atoms with van der Waals surface area (Å²) in [4.78, 5) is 12.1. The first-order valence-corrected chi connectivity index (χ1v) is 6.37. The van der Waals surface area contributed by atoms with Crippen molar-refractivity contribution in [3.05, 3.63) is 28.8 Å². The largest absolute Gasteiger partial charge is 0.506 e. The minimum Gasteiger partial charge on any atom is -0.506 e. The third-order valence-electron chi connectivity index (χ3n) is 3.33. The summed E-state index contributed by atoms with van der Waals surface area (Å²) in [6.45, 7) is 4.36. The maximum atomic E-state index is 12.1. The highest BCUT2D eigenvalue weighted by molar-refractivity contribution is 6.32. The molecule has 0 aliphatic heterocycles. The molecule has 1 amide bonds. The molecule has 0 aliphatic carbocycles. The predicted molar refractivity (Wildman–Crippen MR) is 73.0 cm³/mol. The van der Waals surface area contributed by atoms with Gasteiger partial charge in [-0.15, -0.1) is 0 Å². The Balaban J connectivity index is 2.90. The van der Waals surface area contributed by atoms with Crippen LogP contribution in [0.15, 0.2) is 18.2 Å². The van der Waals surface area contributed by atoms with Gasteiger partial charge in [-0.3, -0.25) is 4.79 Å². The maximum Gasteiger partial charge on any atom is 0.251 e. The first kappa shape index (κ1) is 14.8. The smallest absolute Gasteiger partial charge is 0.251 e. The number of nitrogens with two attached hydrogens (primary N) is 1. The second-order valence-corrected chi connectivity index (χ2v) is 4.72. The zero-order valence-electron chi connectivity index (χ0n) is 10.7. The van der Waals surface area contributed by atoms with Crippen LogP contribution in [-0.4, -0.2) is 23.1 Å². The molecule has 1 rings (SSSR count). The van der Waals surface area contributed by atoms with Crippen LogP contribution in [0.3, 0.4) is 0 Å². The van der Waals surface area contributed by atoms with Crippen LogP contribution in [0.2, 0.25) is 5.02 Å². The number of aromatic hydroxyl groups is 1. The van der Waals surface area contributed by atoms with Gasteiger partial charge in [-0.2, -0.15) is 0 Å². The fourth-order valence-corrected chi connectivity index (χ4v) is 1.91. The number of nitrogens with one attached hydrogen (secondary N) is 1. The molecule has 0 atom stereocenters. The Hall–Kier alpha value is -1.26. The van der Waals surface area contributed by atoms with E-state index in [1.54, 1.807) is 0 Å². The van der Waals surface area contributed by atoms with Crippen LogP contribution in [0.4, 0.5) is 0 Å². The summed E-state index contributed by atoms with van der Waals surface area (Å²) in [5.74, 6) is -0.268. The van der Waals surface area contributed by atoms with Gasteiger partial charge in [0.1, 0.15) is 5.75 Å². The molecular weight excluding hydrogens is 252 g/mol. The molecule has 5 heteroatoms. The summed E-state index contributed by atoms with van der Waals surface area (Å²) in [7, 11) is 0. The van der Waals surface area contributed by atoms with E-state index in [0.717, 1.165) is 12.8 Å². The van der Waals surface area contributed by atoms with E-state index in [4.69, 9.17) is 17.3 Å². The molecule has 0 saturated heterocycles. The number of carbonyl (C=O) groups is 1. The van der Waals surface area contributed by atoms with Crippen molar-refractivity contribution in [1.29, 1.82) is 0 Å². The fraction of sp³-hybridized carbons (Fsp3) is 0.462. The van der Waals surface area contributed by atoms with E-state index >= 15 is 0 Å². The first-order chi connectivity index (χ1) is 8.48. The lowest BCUT2D eigenvalue weighted by Gasteiger charge is -2.31. The second kappa shape index (κ2) is 6.07. The van der Waals surface area contributed by atoms with Crippen LogP contribution in [-0.2, 0) is 0 Å². The summed E-state index contributed by atoms with van der Waals surface area (Å²) in [6, 6.07) is 4.38. The van der Waals surface area contributed by atoms with E-state index in [-0.39, 0.29) is 22.2 Å². The third-order valence-corrected chi connectivity index (χ3v) is 3.64. The number of hydrogen-bond acceptors (Lipinski definition) is 3. The van der Waals surface area contributed by atoms with Gasteiger partial charge in [0.2, 0.25) is 0 Å². The summed E-state index contributed by atoms with van der Waals surface area (Å²) < 4.78 is 0. The predicted octanol–water partition coefficient (Wildman–Crippen LogP) is 2.29. The van der Waals surface area contributed by atoms with Gasteiger partial charge in [-0.25, -0.2) is 0 Å². The Morgan fingerprint density at radius 1 is 1.44 bits per heavy atom. The normalized spacial score (nSPS) is 11.3. The molecule has 0 aromatic heterocycles. The van der Waals surface area contributed by atoms with Gasteiger partial charge in [0.05, 0.1) is 10.6 Å². The Bertz CT molecular complexity index is 423. The topological polar surface area (TPSA) is 75.3 Å². The highest BCUT2D eigenvalue weighted by Gasteiger charge is 2.26. The third kappa shape index (κ3) is 3.15. The summed E-state index contributed by atoms with van der Waals surface area (Å²) in [6.07, 6.45) is 1.52. The van der Waals surface area contributed by atoms with Gasteiger partial charge in [-0.05, 0) is 31.0 Å². The van der Waals surface area contributed by atoms with E-state index in [1.165, 1.54) is 18.2 Å². The number of benzene rings is 1. The minimum absolute atomic E-state index is 0.0377. The van der Waals surface area contributed by atoms with Gasteiger partial charge in [-0.1, -0.05) is 25.4 Å². The van der Waals surface area contributed by atoms with Crippen LogP contribution >= 0.6 is 11.6 Å². The monoisotopic (exact) mass is 270 g/mol. The van der Waals surface area contributed by atoms with Crippen molar-refractivity contribution in [3.8, 4) is 5.75 Å². The molecule has 100 valence electrons. The SMILES string of the molecule is CCC(CC)(CN)NC(=O)c1ccc(O)c(Cl)c1. The van der Waals surface area contributed by atoms with Crippen LogP contribution in [0.5, 0.6) is 5.75 Å². The molecule has 0 heterocycles. The van der Waals surface area contributed by atoms with E-state index in [9.17, 15) is 9.90 Å². The number of amides is 1. The summed E-state index contributed by atoms with van der Waals surface area (Å²) >= 11 is 5.78. The minimum atomic E-state index is -0.387. The average Bonchev–Trinajstić information content (AvgIpc) is 2.39. The molecule has 0 radical (unpaired) electrons.